The number of nitrogens with zero attached hydrogens (tertiary/aromatic N) is 2. The fourth-order valence-corrected chi connectivity index (χ4v) is 4.77. The number of thioether (sulfide) groups is 1. The number of amides is 2. The van der Waals surface area contributed by atoms with Crippen LogP contribution in [0.1, 0.15) is 45.6 Å². The fourth-order valence-electron chi connectivity index (χ4n) is 3.68. The molecule has 0 aromatic heterocycles. The molecule has 2 amide bonds. The van der Waals surface area contributed by atoms with Crippen molar-refractivity contribution in [3.8, 4) is 0 Å². The number of allylic oxidation sites excluding steroid dienone is 2. The van der Waals surface area contributed by atoms with Crippen LogP contribution in [-0.4, -0.2) is 27.9 Å². The molecule has 6 nitrogen and oxygen atoms in total. The van der Waals surface area contributed by atoms with Gasteiger partial charge in [-0.25, -0.2) is 0 Å². The van der Waals surface area contributed by atoms with Gasteiger partial charge in [-0.3, -0.25) is 9.59 Å². The summed E-state index contributed by atoms with van der Waals surface area (Å²) in [6.45, 7) is 6.30. The smallest absolute Gasteiger partial charge is 0.325 e. The second-order valence-corrected chi connectivity index (χ2v) is 10.2. The second-order valence-electron chi connectivity index (χ2n) is 8.54. The molecule has 0 radical (unpaired) electrons. The lowest BCUT2D eigenvalue weighted by molar-refractivity contribution is -0.137. The average Bonchev–Trinajstić information content (AvgIpc) is 2.98. The maximum Gasteiger partial charge on any atom is 0.418 e. The summed E-state index contributed by atoms with van der Waals surface area (Å²) in [5.41, 5.74) is 0.584. The molecule has 1 heterocycles. The molecule has 1 aromatic rings. The van der Waals surface area contributed by atoms with E-state index in [1.165, 1.54) is 11.6 Å². The van der Waals surface area contributed by atoms with Crippen LogP contribution in [0, 0.1) is 5.41 Å². The van der Waals surface area contributed by atoms with Gasteiger partial charge in [0.25, 0.3) is 0 Å². The second kappa shape index (κ2) is 9.27. The Balaban J connectivity index is 1.66. The highest BCUT2D eigenvalue weighted by atomic mass is 35.5. The maximum absolute atomic E-state index is 13.2. The fraction of sp³-hybridized carbons (Fsp3) is 0.429. The Labute approximate surface area is 192 Å². The number of amidine groups is 1. The van der Waals surface area contributed by atoms with Crippen LogP contribution >= 0.6 is 23.4 Å². The van der Waals surface area contributed by atoms with Gasteiger partial charge in [0.1, 0.15) is 5.25 Å². The molecule has 32 heavy (non-hydrogen) atoms. The number of benzene rings is 1. The van der Waals surface area contributed by atoms with Gasteiger partial charge in [0.2, 0.25) is 11.8 Å². The lowest BCUT2D eigenvalue weighted by atomic mass is 9.77. The van der Waals surface area contributed by atoms with E-state index in [2.05, 4.69) is 34.7 Å². The molecule has 1 fully saturated rings. The van der Waals surface area contributed by atoms with Gasteiger partial charge in [-0.15, -0.1) is 5.10 Å². The molecular weight excluding hydrogens is 465 g/mol. The average molecular weight is 487 g/mol. The lowest BCUT2D eigenvalue weighted by Crippen LogP contribution is -2.28. The van der Waals surface area contributed by atoms with Gasteiger partial charge < -0.3 is 10.6 Å². The van der Waals surface area contributed by atoms with E-state index in [-0.39, 0.29) is 22.0 Å². The number of nitrogens with one attached hydrogen (secondary N) is 2. The molecule has 172 valence electrons. The van der Waals surface area contributed by atoms with Crippen LogP contribution in [0.15, 0.2) is 40.1 Å². The van der Waals surface area contributed by atoms with E-state index in [1.807, 2.05) is 13.0 Å². The zero-order valence-electron chi connectivity index (χ0n) is 17.6. The van der Waals surface area contributed by atoms with Crippen LogP contribution in [0.4, 0.5) is 18.9 Å². The van der Waals surface area contributed by atoms with Crippen molar-refractivity contribution in [2.24, 2.45) is 15.6 Å². The molecule has 1 saturated heterocycles. The molecule has 0 unspecified atom stereocenters. The Morgan fingerprint density at radius 3 is 2.69 bits per heavy atom. The first-order valence-corrected chi connectivity index (χ1v) is 11.0. The third-order valence-corrected chi connectivity index (χ3v) is 6.12. The highest BCUT2D eigenvalue weighted by molar-refractivity contribution is 8.15. The normalized spacial score (nSPS) is 23.3. The summed E-state index contributed by atoms with van der Waals surface area (Å²) in [7, 11) is 0. The van der Waals surface area contributed by atoms with Crippen LogP contribution in [-0.2, 0) is 15.8 Å². The van der Waals surface area contributed by atoms with Gasteiger partial charge in [-0.1, -0.05) is 42.8 Å². The van der Waals surface area contributed by atoms with Crippen molar-refractivity contribution in [1.82, 2.24) is 5.32 Å². The van der Waals surface area contributed by atoms with E-state index in [0.29, 0.717) is 0 Å². The molecular formula is C21H22ClF3N4O2S. The van der Waals surface area contributed by atoms with Gasteiger partial charge in [0, 0.05) is 11.4 Å². The zero-order chi connectivity index (χ0) is 23.7. The van der Waals surface area contributed by atoms with E-state index in [4.69, 9.17) is 11.6 Å². The standard InChI is InChI=1S/C21H22ClF3N4O2S/c1-11-6-13(10-20(2,3)9-11)28-29-19-27-18(31)16(32-19)8-17(30)26-15-5-4-12(22)7-14(15)21(23,24)25/h4-7,16H,8-10H2,1-3H3,(H,26,30)(H,27,29,31)/b28-13-/t16-/m1/s1. The topological polar surface area (TPSA) is 82.9 Å². The molecule has 3 rings (SSSR count). The first kappa shape index (κ1) is 24.3. The molecule has 2 aliphatic rings. The van der Waals surface area contributed by atoms with Crippen molar-refractivity contribution in [2.45, 2.75) is 51.5 Å². The third-order valence-electron chi connectivity index (χ3n) is 4.81. The minimum atomic E-state index is -4.69. The van der Waals surface area contributed by atoms with Gasteiger partial charge in [0.15, 0.2) is 5.17 Å². The number of halogens is 4. The number of rotatable bonds is 4. The Hall–Kier alpha value is -2.33. The molecule has 1 aliphatic heterocycles. The van der Waals surface area contributed by atoms with Crippen molar-refractivity contribution in [2.75, 3.05) is 5.32 Å². The van der Waals surface area contributed by atoms with Gasteiger partial charge in [0.05, 0.1) is 17.0 Å². The predicted octanol–water partition coefficient (Wildman–Crippen LogP) is 5.40. The van der Waals surface area contributed by atoms with Gasteiger partial charge >= 0.3 is 6.18 Å². The van der Waals surface area contributed by atoms with Crippen LogP contribution in [0.2, 0.25) is 5.02 Å². The van der Waals surface area contributed by atoms with E-state index >= 15 is 0 Å². The molecule has 0 spiro atoms. The number of carbonyl (C=O) groups excluding carboxylic acids is 2. The summed E-state index contributed by atoms with van der Waals surface area (Å²) in [5, 5.41) is 12.4. The van der Waals surface area contributed by atoms with E-state index in [1.54, 1.807) is 0 Å². The predicted molar refractivity (Wildman–Crippen MR) is 121 cm³/mol. The summed E-state index contributed by atoms with van der Waals surface area (Å²) in [6, 6.07) is 3.06. The number of hydrogen-bond donors (Lipinski definition) is 2. The molecule has 0 bridgehead atoms. The first-order valence-electron chi connectivity index (χ1n) is 9.78. The zero-order valence-corrected chi connectivity index (χ0v) is 19.2. The number of carbonyl (C=O) groups is 2. The Bertz CT molecular complexity index is 1030. The van der Waals surface area contributed by atoms with Crippen LogP contribution in [0.25, 0.3) is 0 Å². The molecule has 11 heteroatoms. The van der Waals surface area contributed by atoms with E-state index in [0.717, 1.165) is 42.4 Å². The summed E-state index contributed by atoms with van der Waals surface area (Å²) < 4.78 is 39.6. The SMILES string of the molecule is CC1=C/C(=N/N=C2/NC(=O)[C@@H](CC(=O)Nc3ccc(Cl)cc3C(F)(F)F)S2)CC(C)(C)C1. The van der Waals surface area contributed by atoms with Crippen LogP contribution in [0.3, 0.4) is 0 Å². The molecule has 1 atom stereocenters. The summed E-state index contributed by atoms with van der Waals surface area (Å²) in [6.07, 6.45) is -1.33. The molecule has 0 saturated carbocycles. The van der Waals surface area contributed by atoms with Crippen molar-refractivity contribution >= 4 is 51.7 Å². The molecule has 2 N–H and O–H groups in total. The van der Waals surface area contributed by atoms with Crippen LogP contribution < -0.4 is 10.6 Å². The maximum atomic E-state index is 13.2. The van der Waals surface area contributed by atoms with Crippen LogP contribution in [0.5, 0.6) is 0 Å². The monoisotopic (exact) mass is 486 g/mol. The summed E-state index contributed by atoms with van der Waals surface area (Å²) in [4.78, 5) is 24.5. The van der Waals surface area contributed by atoms with Gasteiger partial charge in [-0.2, -0.15) is 18.3 Å². The summed E-state index contributed by atoms with van der Waals surface area (Å²) in [5.74, 6) is -1.18. The van der Waals surface area contributed by atoms with E-state index in [9.17, 15) is 22.8 Å². The number of alkyl halides is 3. The van der Waals surface area contributed by atoms with Crippen molar-refractivity contribution in [3.63, 3.8) is 0 Å². The lowest BCUT2D eigenvalue weighted by Gasteiger charge is -2.28. The van der Waals surface area contributed by atoms with Crippen molar-refractivity contribution in [3.05, 3.63) is 40.4 Å². The Morgan fingerprint density at radius 1 is 1.31 bits per heavy atom. The molecule has 1 aliphatic carbocycles. The highest BCUT2D eigenvalue weighted by Crippen LogP contribution is 2.37. The molecule has 1 aromatic carbocycles. The third kappa shape index (κ3) is 6.35. The summed E-state index contributed by atoms with van der Waals surface area (Å²) >= 11 is 6.66. The Morgan fingerprint density at radius 2 is 2.03 bits per heavy atom. The number of hydrogen-bond acceptors (Lipinski definition) is 5. The van der Waals surface area contributed by atoms with Crippen molar-refractivity contribution in [1.29, 1.82) is 0 Å². The number of anilines is 1. The van der Waals surface area contributed by atoms with Gasteiger partial charge in [-0.05, 0) is 49.5 Å². The highest BCUT2D eigenvalue weighted by Gasteiger charge is 2.36. The minimum Gasteiger partial charge on any atom is -0.325 e. The van der Waals surface area contributed by atoms with Crippen molar-refractivity contribution < 1.29 is 22.8 Å². The first-order chi connectivity index (χ1) is 14.8. The largest absolute Gasteiger partial charge is 0.418 e. The quantitative estimate of drug-likeness (QED) is 0.559. The van der Waals surface area contributed by atoms with E-state index < -0.39 is 34.5 Å². The Kier molecular flexibility index (Phi) is 7.04. The minimum absolute atomic E-state index is 0.0709.